The predicted molar refractivity (Wildman–Crippen MR) is 57.8 cm³/mol. The van der Waals surface area contributed by atoms with Crippen molar-refractivity contribution < 1.29 is 22.7 Å². The lowest BCUT2D eigenvalue weighted by Gasteiger charge is -2.15. The Kier molecular flexibility index (Phi) is 4.75. The van der Waals surface area contributed by atoms with Crippen LogP contribution in [0.15, 0.2) is 12.4 Å². The van der Waals surface area contributed by atoms with Gasteiger partial charge < -0.3 is 4.74 Å². The van der Waals surface area contributed by atoms with E-state index in [2.05, 4.69) is 5.10 Å². The molecular formula is C11H15F3N2O2. The van der Waals surface area contributed by atoms with Crippen molar-refractivity contribution in [3.8, 4) is 0 Å². The van der Waals surface area contributed by atoms with Crippen LogP contribution in [0.4, 0.5) is 13.2 Å². The van der Waals surface area contributed by atoms with E-state index in [0.717, 1.165) is 10.9 Å². The summed E-state index contributed by atoms with van der Waals surface area (Å²) < 4.78 is 43.1. The Labute approximate surface area is 103 Å². The maximum absolute atomic E-state index is 12.4. The first-order valence-electron chi connectivity index (χ1n) is 5.68. The van der Waals surface area contributed by atoms with Crippen LogP contribution in [-0.2, 0) is 15.7 Å². The van der Waals surface area contributed by atoms with E-state index < -0.39 is 23.8 Å². The summed E-state index contributed by atoms with van der Waals surface area (Å²) in [6.07, 6.45) is -1.88. The van der Waals surface area contributed by atoms with Gasteiger partial charge in [0.05, 0.1) is 18.4 Å². The number of hydrogen-bond acceptors (Lipinski definition) is 3. The second kappa shape index (κ2) is 5.88. The van der Waals surface area contributed by atoms with Gasteiger partial charge in [0, 0.05) is 6.20 Å². The molecule has 18 heavy (non-hydrogen) atoms. The Morgan fingerprint density at radius 1 is 1.50 bits per heavy atom. The number of nitrogens with zero attached hydrogens (tertiary/aromatic N) is 2. The zero-order chi connectivity index (χ0) is 13.8. The van der Waals surface area contributed by atoms with E-state index >= 15 is 0 Å². The SMILES string of the molecule is CCCC(C(=O)OCC)n1cc(C(F)(F)F)cn1. The van der Waals surface area contributed by atoms with Gasteiger partial charge in [-0.15, -0.1) is 0 Å². The smallest absolute Gasteiger partial charge is 0.419 e. The molecule has 102 valence electrons. The van der Waals surface area contributed by atoms with E-state index in [1.54, 1.807) is 6.92 Å². The van der Waals surface area contributed by atoms with Gasteiger partial charge in [0.15, 0.2) is 0 Å². The molecule has 1 unspecified atom stereocenters. The molecule has 0 bridgehead atoms. The quantitative estimate of drug-likeness (QED) is 0.768. The zero-order valence-electron chi connectivity index (χ0n) is 10.2. The minimum Gasteiger partial charge on any atom is -0.464 e. The number of ether oxygens (including phenoxy) is 1. The summed E-state index contributed by atoms with van der Waals surface area (Å²) in [5.41, 5.74) is -0.868. The van der Waals surface area contributed by atoms with E-state index in [1.165, 1.54) is 0 Å². The number of halogens is 3. The molecule has 0 fully saturated rings. The van der Waals surface area contributed by atoms with Gasteiger partial charge in [0.2, 0.25) is 0 Å². The highest BCUT2D eigenvalue weighted by atomic mass is 19.4. The zero-order valence-corrected chi connectivity index (χ0v) is 10.2. The lowest BCUT2D eigenvalue weighted by atomic mass is 10.2. The number of esters is 1. The number of carbonyl (C=O) groups excluding carboxylic acids is 1. The lowest BCUT2D eigenvalue weighted by Crippen LogP contribution is -2.22. The van der Waals surface area contributed by atoms with Crippen LogP contribution in [-0.4, -0.2) is 22.4 Å². The molecule has 1 aromatic rings. The molecule has 0 N–H and O–H groups in total. The van der Waals surface area contributed by atoms with Crippen molar-refractivity contribution in [3.05, 3.63) is 18.0 Å². The summed E-state index contributed by atoms with van der Waals surface area (Å²) in [6.45, 7) is 3.66. The Bertz CT molecular complexity index is 401. The molecule has 1 atom stereocenters. The van der Waals surface area contributed by atoms with Crippen molar-refractivity contribution >= 4 is 5.97 Å². The van der Waals surface area contributed by atoms with Gasteiger partial charge in [-0.1, -0.05) is 13.3 Å². The maximum atomic E-state index is 12.4. The average Bonchev–Trinajstić information content (AvgIpc) is 2.74. The van der Waals surface area contributed by atoms with Crippen LogP contribution in [0.5, 0.6) is 0 Å². The van der Waals surface area contributed by atoms with Crippen LogP contribution in [0.25, 0.3) is 0 Å². The van der Waals surface area contributed by atoms with Crippen LogP contribution >= 0.6 is 0 Å². The molecule has 0 aliphatic rings. The van der Waals surface area contributed by atoms with E-state index in [-0.39, 0.29) is 6.61 Å². The minimum atomic E-state index is -4.45. The number of alkyl halides is 3. The maximum Gasteiger partial charge on any atom is 0.419 e. The predicted octanol–water partition coefficient (Wildman–Crippen LogP) is 2.81. The summed E-state index contributed by atoms with van der Waals surface area (Å²) in [5.74, 6) is -0.559. The van der Waals surface area contributed by atoms with Crippen LogP contribution < -0.4 is 0 Å². The summed E-state index contributed by atoms with van der Waals surface area (Å²) in [4.78, 5) is 11.6. The molecule has 7 heteroatoms. The largest absolute Gasteiger partial charge is 0.464 e. The molecule has 0 saturated carbocycles. The van der Waals surface area contributed by atoms with Crippen LogP contribution in [0.1, 0.15) is 38.3 Å². The van der Waals surface area contributed by atoms with Crippen LogP contribution in [0, 0.1) is 0 Å². The lowest BCUT2D eigenvalue weighted by molar-refractivity contribution is -0.148. The second-order valence-electron chi connectivity index (χ2n) is 3.76. The third-order valence-electron chi connectivity index (χ3n) is 2.37. The molecular weight excluding hydrogens is 249 g/mol. The Hall–Kier alpha value is -1.53. The summed E-state index contributed by atoms with van der Waals surface area (Å²) in [5, 5.41) is 3.60. The summed E-state index contributed by atoms with van der Waals surface area (Å²) in [7, 11) is 0. The van der Waals surface area contributed by atoms with Crippen molar-refractivity contribution in [2.24, 2.45) is 0 Å². The van der Waals surface area contributed by atoms with E-state index in [0.29, 0.717) is 19.0 Å². The van der Waals surface area contributed by atoms with Crippen molar-refractivity contribution in [1.82, 2.24) is 9.78 Å². The first kappa shape index (κ1) is 14.5. The van der Waals surface area contributed by atoms with Crippen LogP contribution in [0.2, 0.25) is 0 Å². The second-order valence-corrected chi connectivity index (χ2v) is 3.76. The molecule has 0 aliphatic heterocycles. The average molecular weight is 264 g/mol. The topological polar surface area (TPSA) is 44.1 Å². The first-order chi connectivity index (χ1) is 8.40. The number of carbonyl (C=O) groups is 1. The van der Waals surface area contributed by atoms with Gasteiger partial charge in [-0.05, 0) is 13.3 Å². The number of aromatic nitrogens is 2. The van der Waals surface area contributed by atoms with Gasteiger partial charge in [0.1, 0.15) is 6.04 Å². The Morgan fingerprint density at radius 2 is 2.17 bits per heavy atom. The van der Waals surface area contributed by atoms with Gasteiger partial charge in [0.25, 0.3) is 0 Å². The standard InChI is InChI=1S/C11H15F3N2O2/c1-3-5-9(10(17)18-4-2)16-7-8(6-15-16)11(12,13)14/h6-7,9H,3-5H2,1-2H3. The van der Waals surface area contributed by atoms with Gasteiger partial charge in [-0.25, -0.2) is 4.79 Å². The number of hydrogen-bond donors (Lipinski definition) is 0. The monoisotopic (exact) mass is 264 g/mol. The Balaban J connectivity index is 2.92. The molecule has 0 aromatic carbocycles. The van der Waals surface area contributed by atoms with Gasteiger partial charge >= 0.3 is 12.1 Å². The van der Waals surface area contributed by atoms with Gasteiger partial charge in [-0.2, -0.15) is 18.3 Å². The first-order valence-corrected chi connectivity index (χ1v) is 5.68. The highest BCUT2D eigenvalue weighted by Crippen LogP contribution is 2.29. The fourth-order valence-electron chi connectivity index (χ4n) is 1.52. The summed E-state index contributed by atoms with van der Waals surface area (Å²) in [6, 6.07) is -0.800. The molecule has 1 heterocycles. The highest BCUT2D eigenvalue weighted by Gasteiger charge is 2.33. The van der Waals surface area contributed by atoms with Crippen LogP contribution in [0.3, 0.4) is 0 Å². The molecule has 0 saturated heterocycles. The van der Waals surface area contributed by atoms with Crippen molar-refractivity contribution in [2.45, 2.75) is 38.9 Å². The molecule has 0 spiro atoms. The molecule has 4 nitrogen and oxygen atoms in total. The molecule has 1 rings (SSSR count). The molecule has 0 aliphatic carbocycles. The highest BCUT2D eigenvalue weighted by molar-refractivity contribution is 5.74. The molecule has 0 radical (unpaired) electrons. The van der Waals surface area contributed by atoms with E-state index in [9.17, 15) is 18.0 Å². The fraction of sp³-hybridized carbons (Fsp3) is 0.636. The van der Waals surface area contributed by atoms with Gasteiger partial charge in [-0.3, -0.25) is 4.68 Å². The third-order valence-corrected chi connectivity index (χ3v) is 2.37. The third kappa shape index (κ3) is 3.48. The van der Waals surface area contributed by atoms with Crippen molar-refractivity contribution in [1.29, 1.82) is 0 Å². The Morgan fingerprint density at radius 3 is 2.61 bits per heavy atom. The normalized spacial score (nSPS) is 13.4. The molecule has 0 amide bonds. The minimum absolute atomic E-state index is 0.187. The van der Waals surface area contributed by atoms with E-state index in [4.69, 9.17) is 4.74 Å². The van der Waals surface area contributed by atoms with E-state index in [1.807, 2.05) is 6.92 Å². The number of rotatable bonds is 5. The van der Waals surface area contributed by atoms with Crippen molar-refractivity contribution in [2.75, 3.05) is 6.61 Å². The molecule has 1 aromatic heterocycles. The fourth-order valence-corrected chi connectivity index (χ4v) is 1.52. The summed E-state index contributed by atoms with van der Waals surface area (Å²) >= 11 is 0. The van der Waals surface area contributed by atoms with Crippen molar-refractivity contribution in [3.63, 3.8) is 0 Å².